The molecule has 0 atom stereocenters. The number of rotatable bonds is 9. The maximum atomic E-state index is 6.82. The summed E-state index contributed by atoms with van der Waals surface area (Å²) in [5, 5.41) is 5.82. The SMILES string of the molecule is C=C/C=C\C(=C)/C(=C/C(=N\Cc1ccccc1)c1ccc(-c2ccc3c(c2)Oc2c(ccc4c2sc2ccccc24)C3(C)C)cc1)NC. The Bertz CT molecular complexity index is 2270. The van der Waals surface area contributed by atoms with Gasteiger partial charge in [-0.2, -0.15) is 0 Å². The highest BCUT2D eigenvalue weighted by atomic mass is 32.1. The van der Waals surface area contributed by atoms with E-state index in [2.05, 4.69) is 129 Å². The monoisotopic (exact) mass is 642 g/mol. The van der Waals surface area contributed by atoms with Gasteiger partial charge in [0.15, 0.2) is 0 Å². The van der Waals surface area contributed by atoms with Crippen molar-refractivity contribution in [3.05, 3.63) is 180 Å². The van der Waals surface area contributed by atoms with Gasteiger partial charge in [-0.05, 0) is 46.0 Å². The maximum Gasteiger partial charge on any atom is 0.149 e. The van der Waals surface area contributed by atoms with Gasteiger partial charge in [-0.25, -0.2) is 0 Å². The normalized spacial score (nSPS) is 14.1. The summed E-state index contributed by atoms with van der Waals surface area (Å²) in [5.74, 6) is 1.89. The average molecular weight is 643 g/mol. The lowest BCUT2D eigenvalue weighted by atomic mass is 9.75. The molecule has 6 aromatic rings. The first kappa shape index (κ1) is 31.2. The van der Waals surface area contributed by atoms with E-state index in [0.717, 1.165) is 50.7 Å². The number of hydrogen-bond acceptors (Lipinski definition) is 4. The summed E-state index contributed by atoms with van der Waals surface area (Å²) in [7, 11) is 1.90. The van der Waals surface area contributed by atoms with Gasteiger partial charge in [-0.15, -0.1) is 11.3 Å². The number of nitrogens with zero attached hydrogens (tertiary/aromatic N) is 1. The van der Waals surface area contributed by atoms with Gasteiger partial charge >= 0.3 is 0 Å². The Morgan fingerprint density at radius 1 is 0.854 bits per heavy atom. The predicted molar refractivity (Wildman–Crippen MR) is 206 cm³/mol. The zero-order chi connectivity index (χ0) is 33.3. The van der Waals surface area contributed by atoms with Crippen LogP contribution in [0.1, 0.15) is 36.1 Å². The molecule has 0 amide bonds. The number of fused-ring (bicyclic) bond motifs is 6. The smallest absolute Gasteiger partial charge is 0.149 e. The molecule has 0 saturated heterocycles. The molecule has 1 aliphatic heterocycles. The minimum atomic E-state index is -0.192. The van der Waals surface area contributed by atoms with Gasteiger partial charge in [0.05, 0.1) is 17.0 Å². The zero-order valence-corrected chi connectivity index (χ0v) is 28.4. The van der Waals surface area contributed by atoms with Crippen LogP contribution in [-0.4, -0.2) is 12.8 Å². The quantitative estimate of drug-likeness (QED) is 0.126. The number of ether oxygens (including phenoxy) is 1. The predicted octanol–water partition coefficient (Wildman–Crippen LogP) is 11.5. The molecule has 0 radical (unpaired) electrons. The number of likely N-dealkylation sites (N-methyl/N-ethyl adjacent to an activating group) is 1. The Morgan fingerprint density at radius 2 is 1.58 bits per heavy atom. The van der Waals surface area contributed by atoms with Crippen LogP contribution in [0.2, 0.25) is 0 Å². The molecule has 7 rings (SSSR count). The van der Waals surface area contributed by atoms with Gasteiger partial charge in [-0.1, -0.05) is 142 Å². The minimum Gasteiger partial charge on any atom is -0.455 e. The fraction of sp³-hybridized carbons (Fsp3) is 0.114. The highest BCUT2D eigenvalue weighted by molar-refractivity contribution is 7.26. The number of benzene rings is 5. The summed E-state index contributed by atoms with van der Waals surface area (Å²) < 4.78 is 9.31. The number of allylic oxidation sites excluding steroid dienone is 4. The van der Waals surface area contributed by atoms with Crippen molar-refractivity contribution in [2.75, 3.05) is 7.05 Å². The maximum absolute atomic E-state index is 6.82. The van der Waals surface area contributed by atoms with Crippen molar-refractivity contribution >= 4 is 37.2 Å². The lowest BCUT2D eigenvalue weighted by molar-refractivity contribution is 0.424. The fourth-order valence-electron chi connectivity index (χ4n) is 6.47. The van der Waals surface area contributed by atoms with E-state index in [1.165, 1.54) is 31.3 Å². The van der Waals surface area contributed by atoms with Crippen molar-refractivity contribution in [2.24, 2.45) is 4.99 Å². The van der Waals surface area contributed by atoms with E-state index < -0.39 is 0 Å². The second-order valence-corrected chi connectivity index (χ2v) is 13.6. The first-order valence-corrected chi connectivity index (χ1v) is 17.0. The van der Waals surface area contributed by atoms with Gasteiger partial charge in [0, 0.05) is 44.8 Å². The number of aliphatic imine (C=N–C) groups is 1. The molecule has 0 aliphatic carbocycles. The van der Waals surface area contributed by atoms with Gasteiger partial charge in [0.25, 0.3) is 0 Å². The molecule has 0 bridgehead atoms. The van der Waals surface area contributed by atoms with Gasteiger partial charge in [0.1, 0.15) is 11.5 Å². The largest absolute Gasteiger partial charge is 0.455 e. The second-order valence-electron chi connectivity index (χ2n) is 12.5. The van der Waals surface area contributed by atoms with E-state index in [4.69, 9.17) is 9.73 Å². The lowest BCUT2D eigenvalue weighted by Gasteiger charge is -2.35. The molecule has 1 aromatic heterocycles. The van der Waals surface area contributed by atoms with Crippen molar-refractivity contribution < 1.29 is 4.74 Å². The number of nitrogens with one attached hydrogen (secondary N) is 1. The summed E-state index contributed by atoms with van der Waals surface area (Å²) in [5.41, 5.74) is 9.27. The molecule has 4 heteroatoms. The van der Waals surface area contributed by atoms with Crippen molar-refractivity contribution in [3.63, 3.8) is 0 Å². The van der Waals surface area contributed by atoms with Crippen LogP contribution in [0.25, 0.3) is 31.3 Å². The summed E-state index contributed by atoms with van der Waals surface area (Å²) in [6, 6.07) is 38.7. The molecule has 0 fully saturated rings. The molecular formula is C44H38N2OS. The van der Waals surface area contributed by atoms with E-state index in [-0.39, 0.29) is 5.41 Å². The van der Waals surface area contributed by atoms with Gasteiger partial charge < -0.3 is 10.1 Å². The minimum absolute atomic E-state index is 0.192. The van der Waals surface area contributed by atoms with Crippen LogP contribution >= 0.6 is 11.3 Å². The molecule has 0 unspecified atom stereocenters. The Hall–Kier alpha value is -5.45. The van der Waals surface area contributed by atoms with Crippen molar-refractivity contribution in [2.45, 2.75) is 25.8 Å². The van der Waals surface area contributed by atoms with E-state index in [9.17, 15) is 0 Å². The highest BCUT2D eigenvalue weighted by Crippen LogP contribution is 2.53. The molecule has 0 spiro atoms. The third-order valence-electron chi connectivity index (χ3n) is 9.16. The Morgan fingerprint density at radius 3 is 2.35 bits per heavy atom. The van der Waals surface area contributed by atoms with Gasteiger partial charge in [-0.3, -0.25) is 4.99 Å². The van der Waals surface area contributed by atoms with Crippen LogP contribution < -0.4 is 10.1 Å². The van der Waals surface area contributed by atoms with E-state index in [1.54, 1.807) is 6.08 Å². The molecule has 2 heterocycles. The summed E-state index contributed by atoms with van der Waals surface area (Å²) in [6.07, 6.45) is 7.64. The standard InChI is InChI=1S/C44H38N2OS/c1-6-7-13-29(2)38(45-5)27-39(46-28-30-14-9-8-10-15-30)32-20-18-31(19-21-32)33-22-24-36-40(26-33)47-42-37(44(36,3)4)25-23-35-34-16-11-12-17-41(34)48-43(35)42/h6-27,45H,1-2,28H2,3-5H3/b13-7-,38-27-,46-39+. The zero-order valence-electron chi connectivity index (χ0n) is 27.6. The summed E-state index contributed by atoms with van der Waals surface area (Å²) in [4.78, 5) is 5.05. The lowest BCUT2D eigenvalue weighted by Crippen LogP contribution is -2.24. The van der Waals surface area contributed by atoms with Crippen molar-refractivity contribution in [1.82, 2.24) is 5.32 Å². The van der Waals surface area contributed by atoms with E-state index in [0.29, 0.717) is 6.54 Å². The molecule has 48 heavy (non-hydrogen) atoms. The van der Waals surface area contributed by atoms with Crippen LogP contribution in [0.4, 0.5) is 0 Å². The molecule has 0 saturated carbocycles. The van der Waals surface area contributed by atoms with Crippen LogP contribution in [0, 0.1) is 0 Å². The Balaban J connectivity index is 1.24. The molecule has 1 aliphatic rings. The Kier molecular flexibility index (Phi) is 8.43. The van der Waals surface area contributed by atoms with Crippen LogP contribution in [0.3, 0.4) is 0 Å². The molecule has 236 valence electrons. The third-order valence-corrected chi connectivity index (χ3v) is 10.3. The van der Waals surface area contributed by atoms with Crippen LogP contribution in [-0.2, 0) is 12.0 Å². The van der Waals surface area contributed by atoms with Crippen molar-refractivity contribution in [1.29, 1.82) is 0 Å². The second kappa shape index (κ2) is 13.0. The summed E-state index contributed by atoms with van der Waals surface area (Å²) in [6.45, 7) is 13.2. The topological polar surface area (TPSA) is 33.6 Å². The fourth-order valence-corrected chi connectivity index (χ4v) is 7.65. The van der Waals surface area contributed by atoms with E-state index in [1.807, 2.05) is 48.7 Å². The van der Waals surface area contributed by atoms with Gasteiger partial charge in [0.2, 0.25) is 0 Å². The Labute approximate surface area is 287 Å². The van der Waals surface area contributed by atoms with Crippen LogP contribution in [0.5, 0.6) is 11.5 Å². The first-order valence-electron chi connectivity index (χ1n) is 16.2. The first-order chi connectivity index (χ1) is 23.4. The molecule has 3 nitrogen and oxygen atoms in total. The molecule has 5 aromatic carbocycles. The third kappa shape index (κ3) is 5.80. The number of thiophene rings is 1. The van der Waals surface area contributed by atoms with Crippen molar-refractivity contribution in [3.8, 4) is 22.6 Å². The van der Waals surface area contributed by atoms with E-state index >= 15 is 0 Å². The summed E-state index contributed by atoms with van der Waals surface area (Å²) >= 11 is 1.81. The molecular weight excluding hydrogens is 605 g/mol. The van der Waals surface area contributed by atoms with Crippen LogP contribution in [0.15, 0.2) is 163 Å². The number of hydrogen-bond donors (Lipinski definition) is 1. The molecule has 1 N–H and O–H groups in total. The average Bonchev–Trinajstić information content (AvgIpc) is 3.50. The highest BCUT2D eigenvalue weighted by Gasteiger charge is 2.36.